The average Bonchev–Trinajstić information content (AvgIpc) is 2.98. The Balaban J connectivity index is 1.75. The highest BCUT2D eigenvalue weighted by atomic mass is 32.1. The first kappa shape index (κ1) is 13.4. The molecule has 2 nitrogen and oxygen atoms in total. The number of Topliss-reactive ketones (excluding diaryl/α,β-unsaturated/α-hetero) is 1. The smallest absolute Gasteiger partial charge is 0.177 e. The molecule has 2 aromatic rings. The van der Waals surface area contributed by atoms with Crippen molar-refractivity contribution in [1.29, 1.82) is 0 Å². The van der Waals surface area contributed by atoms with Crippen LogP contribution >= 0.6 is 11.3 Å². The van der Waals surface area contributed by atoms with Crippen molar-refractivity contribution in [2.24, 2.45) is 5.92 Å². The number of alkyl halides is 1. The third-order valence-corrected chi connectivity index (χ3v) is 4.86. The van der Waals surface area contributed by atoms with Crippen LogP contribution in [-0.2, 0) is 0 Å². The highest BCUT2D eigenvalue weighted by Gasteiger charge is 2.28. The number of rotatable bonds is 3. The Kier molecular flexibility index (Phi) is 3.92. The number of aromatic nitrogens is 1. The third-order valence-electron chi connectivity index (χ3n) is 3.80. The molecular formula is C16H16FNOS. The summed E-state index contributed by atoms with van der Waals surface area (Å²) < 4.78 is 13.1. The first-order valence-corrected chi connectivity index (χ1v) is 7.75. The molecule has 3 rings (SSSR count). The number of benzene rings is 1. The number of thiazole rings is 1. The summed E-state index contributed by atoms with van der Waals surface area (Å²) in [4.78, 5) is 17.4. The van der Waals surface area contributed by atoms with E-state index in [0.717, 1.165) is 10.6 Å². The van der Waals surface area contributed by atoms with E-state index >= 15 is 0 Å². The van der Waals surface area contributed by atoms with Gasteiger partial charge < -0.3 is 0 Å². The second-order valence-corrected chi connectivity index (χ2v) is 6.24. The molecule has 1 aliphatic rings. The summed E-state index contributed by atoms with van der Waals surface area (Å²) in [6.45, 7) is 0. The Hall–Kier alpha value is -1.55. The Morgan fingerprint density at radius 3 is 2.55 bits per heavy atom. The topological polar surface area (TPSA) is 30.0 Å². The van der Waals surface area contributed by atoms with Gasteiger partial charge in [-0.25, -0.2) is 9.37 Å². The maximum Gasteiger partial charge on any atom is 0.177 e. The SMILES string of the molecule is O=C(c1cnc(-c2ccccc2)s1)C1CCC(F)CC1. The molecule has 0 amide bonds. The molecule has 20 heavy (non-hydrogen) atoms. The second kappa shape index (κ2) is 5.83. The average molecular weight is 289 g/mol. The van der Waals surface area contributed by atoms with Gasteiger partial charge in [0.2, 0.25) is 0 Å². The fourth-order valence-corrected chi connectivity index (χ4v) is 3.56. The fraction of sp³-hybridized carbons (Fsp3) is 0.375. The molecule has 1 fully saturated rings. The molecule has 1 aromatic carbocycles. The minimum absolute atomic E-state index is 0.0222. The third kappa shape index (κ3) is 2.80. The Morgan fingerprint density at radius 2 is 1.85 bits per heavy atom. The van der Waals surface area contributed by atoms with Crippen molar-refractivity contribution in [1.82, 2.24) is 4.98 Å². The van der Waals surface area contributed by atoms with Crippen LogP contribution in [0.25, 0.3) is 10.6 Å². The predicted molar refractivity (Wildman–Crippen MR) is 78.7 cm³/mol. The first-order valence-electron chi connectivity index (χ1n) is 6.93. The zero-order valence-electron chi connectivity index (χ0n) is 11.1. The van der Waals surface area contributed by atoms with Crippen LogP contribution in [-0.4, -0.2) is 16.9 Å². The number of ketones is 1. The number of halogens is 1. The van der Waals surface area contributed by atoms with E-state index in [9.17, 15) is 9.18 Å². The Labute approximate surface area is 121 Å². The zero-order valence-corrected chi connectivity index (χ0v) is 11.9. The van der Waals surface area contributed by atoms with Crippen molar-refractivity contribution < 1.29 is 9.18 Å². The van der Waals surface area contributed by atoms with E-state index in [1.165, 1.54) is 11.3 Å². The van der Waals surface area contributed by atoms with Gasteiger partial charge in [0.05, 0.1) is 4.88 Å². The van der Waals surface area contributed by atoms with Crippen molar-refractivity contribution in [2.75, 3.05) is 0 Å². The van der Waals surface area contributed by atoms with E-state index in [-0.39, 0.29) is 11.7 Å². The van der Waals surface area contributed by atoms with Crippen molar-refractivity contribution >= 4 is 17.1 Å². The molecule has 1 aliphatic carbocycles. The van der Waals surface area contributed by atoms with Crippen molar-refractivity contribution in [3.05, 3.63) is 41.4 Å². The van der Waals surface area contributed by atoms with E-state index in [1.54, 1.807) is 6.20 Å². The molecule has 0 radical (unpaired) electrons. The standard InChI is InChI=1S/C16H16FNOS/c17-13-8-6-11(7-9-13)15(19)14-10-18-16(20-14)12-4-2-1-3-5-12/h1-5,10-11,13H,6-9H2. The molecular weight excluding hydrogens is 273 g/mol. The van der Waals surface area contributed by atoms with Gasteiger partial charge in [0.15, 0.2) is 5.78 Å². The number of hydrogen-bond acceptors (Lipinski definition) is 3. The molecule has 0 unspecified atom stereocenters. The Bertz CT molecular complexity index is 588. The number of nitrogens with zero attached hydrogens (tertiary/aromatic N) is 1. The summed E-state index contributed by atoms with van der Waals surface area (Å²) in [5.41, 5.74) is 1.03. The molecule has 1 aromatic heterocycles. The summed E-state index contributed by atoms with van der Waals surface area (Å²) in [5, 5.41) is 0.869. The van der Waals surface area contributed by atoms with Crippen molar-refractivity contribution in [3.8, 4) is 10.6 Å². The molecule has 0 atom stereocenters. The van der Waals surface area contributed by atoms with E-state index in [2.05, 4.69) is 4.98 Å². The number of carbonyl (C=O) groups excluding carboxylic acids is 1. The predicted octanol–water partition coefficient (Wildman–Crippen LogP) is 4.52. The van der Waals surface area contributed by atoms with Crippen LogP contribution in [0, 0.1) is 5.92 Å². The molecule has 1 saturated carbocycles. The minimum atomic E-state index is -0.722. The van der Waals surface area contributed by atoms with Gasteiger partial charge in [-0.3, -0.25) is 4.79 Å². The lowest BCUT2D eigenvalue weighted by molar-refractivity contribution is 0.0862. The van der Waals surface area contributed by atoms with Gasteiger partial charge in [0.25, 0.3) is 0 Å². The van der Waals surface area contributed by atoms with Crippen LogP contribution in [0.15, 0.2) is 36.5 Å². The van der Waals surface area contributed by atoms with E-state index in [0.29, 0.717) is 30.6 Å². The maximum absolute atomic E-state index is 13.1. The summed E-state index contributed by atoms with van der Waals surface area (Å²) >= 11 is 1.43. The van der Waals surface area contributed by atoms with Crippen LogP contribution in [0.4, 0.5) is 4.39 Å². The first-order chi connectivity index (χ1) is 9.74. The van der Waals surface area contributed by atoms with Crippen molar-refractivity contribution in [2.45, 2.75) is 31.9 Å². The van der Waals surface area contributed by atoms with Gasteiger partial charge in [-0.2, -0.15) is 0 Å². The quantitative estimate of drug-likeness (QED) is 0.777. The van der Waals surface area contributed by atoms with Gasteiger partial charge in [-0.05, 0) is 25.7 Å². The molecule has 0 aliphatic heterocycles. The van der Waals surface area contributed by atoms with E-state index in [4.69, 9.17) is 0 Å². The molecule has 0 bridgehead atoms. The largest absolute Gasteiger partial charge is 0.293 e. The molecule has 0 N–H and O–H groups in total. The van der Waals surface area contributed by atoms with Crippen LogP contribution in [0.3, 0.4) is 0 Å². The van der Waals surface area contributed by atoms with Gasteiger partial charge >= 0.3 is 0 Å². The fourth-order valence-electron chi connectivity index (χ4n) is 2.62. The normalized spacial score (nSPS) is 22.6. The molecule has 104 valence electrons. The Morgan fingerprint density at radius 1 is 1.15 bits per heavy atom. The maximum atomic E-state index is 13.1. The molecule has 4 heteroatoms. The van der Waals surface area contributed by atoms with Crippen LogP contribution in [0.5, 0.6) is 0 Å². The summed E-state index contributed by atoms with van der Waals surface area (Å²) in [5.74, 6) is 0.114. The van der Waals surface area contributed by atoms with E-state index in [1.807, 2.05) is 30.3 Å². The lowest BCUT2D eigenvalue weighted by Gasteiger charge is -2.22. The minimum Gasteiger partial charge on any atom is -0.293 e. The summed E-state index contributed by atoms with van der Waals surface area (Å²) in [6.07, 6.45) is 3.30. The highest BCUT2D eigenvalue weighted by Crippen LogP contribution is 2.32. The highest BCUT2D eigenvalue weighted by molar-refractivity contribution is 7.17. The lowest BCUT2D eigenvalue weighted by Crippen LogP contribution is -2.21. The van der Waals surface area contributed by atoms with Gasteiger partial charge in [-0.1, -0.05) is 30.3 Å². The van der Waals surface area contributed by atoms with Crippen LogP contribution in [0.1, 0.15) is 35.4 Å². The van der Waals surface area contributed by atoms with Crippen LogP contribution < -0.4 is 0 Å². The van der Waals surface area contributed by atoms with Crippen molar-refractivity contribution in [3.63, 3.8) is 0 Å². The van der Waals surface area contributed by atoms with Gasteiger partial charge in [0, 0.05) is 17.7 Å². The second-order valence-electron chi connectivity index (χ2n) is 5.21. The molecule has 1 heterocycles. The monoisotopic (exact) mass is 289 g/mol. The van der Waals surface area contributed by atoms with Gasteiger partial charge in [0.1, 0.15) is 11.2 Å². The summed E-state index contributed by atoms with van der Waals surface area (Å²) in [6, 6.07) is 9.85. The lowest BCUT2D eigenvalue weighted by atomic mass is 9.85. The summed E-state index contributed by atoms with van der Waals surface area (Å²) in [7, 11) is 0. The number of carbonyl (C=O) groups is 1. The zero-order chi connectivity index (χ0) is 13.9. The number of hydrogen-bond donors (Lipinski definition) is 0. The van der Waals surface area contributed by atoms with E-state index < -0.39 is 6.17 Å². The molecule has 0 saturated heterocycles. The van der Waals surface area contributed by atoms with Crippen LogP contribution in [0.2, 0.25) is 0 Å². The van der Waals surface area contributed by atoms with Gasteiger partial charge in [-0.15, -0.1) is 11.3 Å². The molecule has 0 spiro atoms.